The van der Waals surface area contributed by atoms with Crippen molar-refractivity contribution in [1.82, 2.24) is 10.2 Å². The molecule has 1 aliphatic heterocycles. The fourth-order valence-electron chi connectivity index (χ4n) is 4.08. The molecule has 7 nitrogen and oxygen atoms in total. The molecule has 8 heteroatoms. The van der Waals surface area contributed by atoms with Gasteiger partial charge in [0.05, 0.1) is 18.2 Å². The van der Waals surface area contributed by atoms with Crippen molar-refractivity contribution in [1.29, 1.82) is 0 Å². The van der Waals surface area contributed by atoms with Crippen molar-refractivity contribution in [3.8, 4) is 5.75 Å². The van der Waals surface area contributed by atoms with Gasteiger partial charge in [0.2, 0.25) is 0 Å². The zero-order valence-corrected chi connectivity index (χ0v) is 17.9. The van der Waals surface area contributed by atoms with Gasteiger partial charge in [-0.05, 0) is 44.2 Å². The molecule has 1 aromatic carbocycles. The Morgan fingerprint density at radius 2 is 1.97 bits per heavy atom. The molecule has 0 radical (unpaired) electrons. The number of rotatable bonds is 6. The van der Waals surface area contributed by atoms with E-state index in [0.29, 0.717) is 22.9 Å². The number of hydrogen-bond acceptors (Lipinski definition) is 6. The van der Waals surface area contributed by atoms with Crippen LogP contribution in [0.3, 0.4) is 0 Å². The number of benzene rings is 1. The number of halogens is 1. The summed E-state index contributed by atoms with van der Waals surface area (Å²) in [5, 5.41) is 4.14. The van der Waals surface area contributed by atoms with Crippen molar-refractivity contribution in [2.45, 2.75) is 38.7 Å². The molecule has 2 aromatic rings. The summed E-state index contributed by atoms with van der Waals surface area (Å²) in [5.74, 6) is 0.116. The van der Waals surface area contributed by atoms with E-state index in [1.807, 2.05) is 0 Å². The first kappa shape index (κ1) is 21.2. The van der Waals surface area contributed by atoms with Crippen molar-refractivity contribution in [3.63, 3.8) is 0 Å². The lowest BCUT2D eigenvalue weighted by Crippen LogP contribution is -2.43. The number of carbonyl (C=O) groups is 1. The molecule has 1 atom stereocenters. The number of nitrogens with one attached hydrogen (secondary N) is 1. The normalized spacial score (nSPS) is 18.1. The van der Waals surface area contributed by atoms with Gasteiger partial charge in [-0.2, -0.15) is 0 Å². The second-order valence-corrected chi connectivity index (χ2v) is 8.24. The van der Waals surface area contributed by atoms with Crippen LogP contribution in [0.15, 0.2) is 21.3 Å². The van der Waals surface area contributed by atoms with Crippen LogP contribution >= 0.6 is 11.6 Å². The van der Waals surface area contributed by atoms with Crippen LogP contribution in [0.4, 0.5) is 0 Å². The Hall–Kier alpha value is -2.09. The van der Waals surface area contributed by atoms with Gasteiger partial charge in [0.25, 0.3) is 5.91 Å². The summed E-state index contributed by atoms with van der Waals surface area (Å²) in [7, 11) is 0. The average Bonchev–Trinajstić information content (AvgIpc) is 2.76. The summed E-state index contributed by atoms with van der Waals surface area (Å²) < 4.78 is 16.6. The highest BCUT2D eigenvalue weighted by Gasteiger charge is 2.21. The Labute approximate surface area is 180 Å². The molecule has 162 valence electrons. The van der Waals surface area contributed by atoms with Gasteiger partial charge >= 0.3 is 5.63 Å². The van der Waals surface area contributed by atoms with Gasteiger partial charge in [0, 0.05) is 43.2 Å². The maximum atomic E-state index is 12.4. The Balaban J connectivity index is 1.43. The highest BCUT2D eigenvalue weighted by molar-refractivity contribution is 6.32. The van der Waals surface area contributed by atoms with Gasteiger partial charge in [-0.25, -0.2) is 4.79 Å². The van der Waals surface area contributed by atoms with Crippen LogP contribution < -0.4 is 15.7 Å². The molecule has 4 rings (SSSR count). The van der Waals surface area contributed by atoms with Crippen LogP contribution in [0.5, 0.6) is 5.75 Å². The first-order valence-corrected chi connectivity index (χ1v) is 10.9. The molecule has 1 amide bonds. The van der Waals surface area contributed by atoms with Crippen LogP contribution in [0.25, 0.3) is 11.0 Å². The maximum Gasteiger partial charge on any atom is 0.339 e. The third-order valence-electron chi connectivity index (χ3n) is 5.78. The van der Waals surface area contributed by atoms with Crippen molar-refractivity contribution < 1.29 is 18.7 Å². The maximum absolute atomic E-state index is 12.4. The van der Waals surface area contributed by atoms with E-state index in [9.17, 15) is 9.59 Å². The standard InChI is InChI=1S/C22H27ClN2O5/c1-14(21(26)24-6-7-25-8-10-28-11-9-25)29-20-13-19-17(12-18(20)23)15-4-2-3-5-16(15)22(27)30-19/h12-14H,2-11H2,1H3,(H,24,26)/t14-/m1/s1. The molecular weight excluding hydrogens is 408 g/mol. The van der Waals surface area contributed by atoms with E-state index >= 15 is 0 Å². The predicted octanol–water partition coefficient (Wildman–Crippen LogP) is 2.54. The van der Waals surface area contributed by atoms with Crippen LogP contribution in [0, 0.1) is 0 Å². The van der Waals surface area contributed by atoms with E-state index in [0.717, 1.165) is 75.0 Å². The van der Waals surface area contributed by atoms with Crippen molar-refractivity contribution >= 4 is 28.5 Å². The number of ether oxygens (including phenoxy) is 2. The topological polar surface area (TPSA) is 81.0 Å². The zero-order chi connectivity index (χ0) is 21.1. The third kappa shape index (κ3) is 4.63. The quantitative estimate of drug-likeness (QED) is 0.704. The molecule has 0 saturated carbocycles. The van der Waals surface area contributed by atoms with Crippen molar-refractivity contribution in [2.24, 2.45) is 0 Å². The highest BCUT2D eigenvalue weighted by atomic mass is 35.5. The minimum Gasteiger partial charge on any atom is -0.479 e. The summed E-state index contributed by atoms with van der Waals surface area (Å²) in [6.45, 7) is 6.20. The van der Waals surface area contributed by atoms with E-state index in [2.05, 4.69) is 10.2 Å². The molecular formula is C22H27ClN2O5. The second kappa shape index (κ2) is 9.37. The largest absolute Gasteiger partial charge is 0.479 e. The van der Waals surface area contributed by atoms with Crippen LogP contribution in [0.2, 0.25) is 5.02 Å². The average molecular weight is 435 g/mol. The molecule has 0 bridgehead atoms. The Bertz CT molecular complexity index is 984. The van der Waals surface area contributed by atoms with E-state index in [1.54, 1.807) is 19.1 Å². The molecule has 2 aliphatic rings. The van der Waals surface area contributed by atoms with Gasteiger partial charge in [0.1, 0.15) is 11.3 Å². The Morgan fingerprint density at radius 1 is 1.23 bits per heavy atom. The second-order valence-electron chi connectivity index (χ2n) is 7.84. The number of aryl methyl sites for hydroxylation is 1. The zero-order valence-electron chi connectivity index (χ0n) is 17.2. The summed E-state index contributed by atoms with van der Waals surface area (Å²) in [4.78, 5) is 27.0. The van der Waals surface area contributed by atoms with Crippen molar-refractivity contribution in [3.05, 3.63) is 38.7 Å². The third-order valence-corrected chi connectivity index (χ3v) is 6.08. The summed E-state index contributed by atoms with van der Waals surface area (Å²) in [5.41, 5.74) is 1.93. The number of nitrogens with zero attached hydrogens (tertiary/aromatic N) is 1. The van der Waals surface area contributed by atoms with E-state index in [1.165, 1.54) is 0 Å². The first-order valence-electron chi connectivity index (χ1n) is 10.6. The first-order chi connectivity index (χ1) is 14.5. The van der Waals surface area contributed by atoms with Crippen LogP contribution in [0.1, 0.15) is 30.9 Å². The minimum absolute atomic E-state index is 0.216. The number of fused-ring (bicyclic) bond motifs is 3. The number of morpholine rings is 1. The van der Waals surface area contributed by atoms with E-state index in [-0.39, 0.29) is 11.5 Å². The predicted molar refractivity (Wildman–Crippen MR) is 114 cm³/mol. The fourth-order valence-corrected chi connectivity index (χ4v) is 4.29. The molecule has 1 N–H and O–H groups in total. The van der Waals surface area contributed by atoms with Crippen molar-refractivity contribution in [2.75, 3.05) is 39.4 Å². The number of carbonyl (C=O) groups excluding carboxylic acids is 1. The molecule has 1 aliphatic carbocycles. The molecule has 1 saturated heterocycles. The molecule has 1 aromatic heterocycles. The lowest BCUT2D eigenvalue weighted by atomic mass is 9.90. The highest BCUT2D eigenvalue weighted by Crippen LogP contribution is 2.34. The van der Waals surface area contributed by atoms with Gasteiger partial charge in [-0.3, -0.25) is 9.69 Å². The molecule has 0 spiro atoms. The SMILES string of the molecule is C[C@@H](Oc1cc2oc(=O)c3c(c2cc1Cl)CCCC3)C(=O)NCCN1CCOCC1. The molecule has 2 heterocycles. The lowest BCUT2D eigenvalue weighted by molar-refractivity contribution is -0.127. The molecule has 1 fully saturated rings. The van der Waals surface area contributed by atoms with E-state index < -0.39 is 6.10 Å². The van der Waals surface area contributed by atoms with E-state index in [4.69, 9.17) is 25.5 Å². The van der Waals surface area contributed by atoms with Crippen LogP contribution in [-0.2, 0) is 22.4 Å². The van der Waals surface area contributed by atoms with Gasteiger partial charge in [0.15, 0.2) is 6.10 Å². The monoisotopic (exact) mass is 434 g/mol. The van der Waals surface area contributed by atoms with Crippen LogP contribution in [-0.4, -0.2) is 56.3 Å². The molecule has 0 unspecified atom stereocenters. The molecule has 30 heavy (non-hydrogen) atoms. The number of hydrogen-bond donors (Lipinski definition) is 1. The van der Waals surface area contributed by atoms with Gasteiger partial charge in [-0.1, -0.05) is 11.6 Å². The lowest BCUT2D eigenvalue weighted by Gasteiger charge is -2.26. The smallest absolute Gasteiger partial charge is 0.339 e. The van der Waals surface area contributed by atoms with Gasteiger partial charge < -0.3 is 19.2 Å². The summed E-state index contributed by atoms with van der Waals surface area (Å²) in [6, 6.07) is 3.40. The fraction of sp³-hybridized carbons (Fsp3) is 0.545. The Kier molecular flexibility index (Phi) is 6.61. The van der Waals surface area contributed by atoms with Gasteiger partial charge in [-0.15, -0.1) is 0 Å². The number of amides is 1. The Morgan fingerprint density at radius 3 is 2.73 bits per heavy atom. The summed E-state index contributed by atoms with van der Waals surface area (Å²) in [6.07, 6.45) is 2.90. The summed E-state index contributed by atoms with van der Waals surface area (Å²) >= 11 is 6.45. The minimum atomic E-state index is -0.728.